The average Bonchev–Trinajstić information content (AvgIpc) is 1.85. The zero-order valence-corrected chi connectivity index (χ0v) is 6.32. The van der Waals surface area contributed by atoms with Crippen molar-refractivity contribution in [3.8, 4) is 0 Å². The Morgan fingerprint density at radius 1 is 1.55 bits per heavy atom. The molecule has 66 valence electrons. The largest absolute Gasteiger partial charge is 0.489 e. The van der Waals surface area contributed by atoms with Crippen LogP contribution in [0.25, 0.3) is 0 Å². The molecule has 1 nitrogen and oxygen atoms in total. The predicted octanol–water partition coefficient (Wildman–Crippen LogP) is 2.88. The smallest absolute Gasteiger partial charge is 0.425 e. The van der Waals surface area contributed by atoms with Gasteiger partial charge in [-0.05, 0) is 6.42 Å². The zero-order chi connectivity index (χ0) is 8.91. The van der Waals surface area contributed by atoms with Crippen molar-refractivity contribution in [3.63, 3.8) is 0 Å². The van der Waals surface area contributed by atoms with Crippen LogP contribution in [0.15, 0.2) is 12.8 Å². The first-order valence-corrected chi connectivity index (χ1v) is 3.35. The van der Waals surface area contributed by atoms with Gasteiger partial charge < -0.3 is 4.74 Å². The van der Waals surface area contributed by atoms with Crippen molar-refractivity contribution in [2.24, 2.45) is 0 Å². The van der Waals surface area contributed by atoms with Crippen molar-refractivity contribution in [2.75, 3.05) is 0 Å². The number of hydrogen-bond acceptors (Lipinski definition) is 1. The van der Waals surface area contributed by atoms with Crippen LogP contribution >= 0.6 is 0 Å². The molecule has 0 aliphatic rings. The van der Waals surface area contributed by atoms with Gasteiger partial charge in [0.1, 0.15) is 0 Å². The minimum Gasteiger partial charge on any atom is -0.489 e. The molecule has 0 rings (SSSR count). The Bertz CT molecular complexity index is 119. The first-order chi connectivity index (χ1) is 5.02. The van der Waals surface area contributed by atoms with E-state index in [-0.39, 0.29) is 6.42 Å². The zero-order valence-electron chi connectivity index (χ0n) is 6.32. The van der Waals surface area contributed by atoms with Gasteiger partial charge in [0.15, 0.2) is 6.10 Å². The highest BCUT2D eigenvalue weighted by Gasteiger charge is 2.40. The van der Waals surface area contributed by atoms with E-state index < -0.39 is 12.3 Å². The molecule has 0 radical (unpaired) electrons. The average molecular weight is 168 g/mol. The minimum absolute atomic E-state index is 0.0183. The molecule has 1 unspecified atom stereocenters. The Morgan fingerprint density at radius 2 is 2.09 bits per heavy atom. The molecule has 0 saturated heterocycles. The van der Waals surface area contributed by atoms with Crippen LogP contribution in [0.2, 0.25) is 0 Å². The summed E-state index contributed by atoms with van der Waals surface area (Å²) < 4.78 is 40.0. The summed E-state index contributed by atoms with van der Waals surface area (Å²) in [7, 11) is 0. The first-order valence-electron chi connectivity index (χ1n) is 3.35. The van der Waals surface area contributed by atoms with E-state index >= 15 is 0 Å². The third-order valence-corrected chi connectivity index (χ3v) is 1.18. The highest BCUT2D eigenvalue weighted by molar-refractivity contribution is 4.69. The number of alkyl halides is 3. The van der Waals surface area contributed by atoms with Crippen LogP contribution in [-0.4, -0.2) is 12.3 Å². The topological polar surface area (TPSA) is 9.23 Å². The highest BCUT2D eigenvalue weighted by Crippen LogP contribution is 2.26. The lowest BCUT2D eigenvalue weighted by atomic mass is 10.2. The third kappa shape index (κ3) is 3.91. The van der Waals surface area contributed by atoms with E-state index in [0.29, 0.717) is 6.42 Å². The fourth-order valence-electron chi connectivity index (χ4n) is 0.687. The SMILES string of the molecule is C=COC(CCC)C(F)(F)F. The Kier molecular flexibility index (Phi) is 4.00. The van der Waals surface area contributed by atoms with Crippen molar-refractivity contribution >= 4 is 0 Å². The normalized spacial score (nSPS) is 14.2. The molecule has 0 aromatic carbocycles. The van der Waals surface area contributed by atoms with Gasteiger partial charge in [0.2, 0.25) is 0 Å². The Hall–Kier alpha value is -0.670. The van der Waals surface area contributed by atoms with Crippen molar-refractivity contribution in [1.82, 2.24) is 0 Å². The van der Waals surface area contributed by atoms with Gasteiger partial charge in [0, 0.05) is 0 Å². The second-order valence-corrected chi connectivity index (χ2v) is 2.12. The molecule has 4 heteroatoms. The molecule has 0 N–H and O–H groups in total. The van der Waals surface area contributed by atoms with Gasteiger partial charge in [-0.15, -0.1) is 0 Å². The lowest BCUT2D eigenvalue weighted by molar-refractivity contribution is -0.207. The molecule has 11 heavy (non-hydrogen) atoms. The number of halogens is 3. The summed E-state index contributed by atoms with van der Waals surface area (Å²) in [5.41, 5.74) is 0. The van der Waals surface area contributed by atoms with Crippen molar-refractivity contribution in [3.05, 3.63) is 12.8 Å². The van der Waals surface area contributed by atoms with Gasteiger partial charge in [-0.3, -0.25) is 0 Å². The summed E-state index contributed by atoms with van der Waals surface area (Å²) in [5.74, 6) is 0. The number of rotatable bonds is 4. The van der Waals surface area contributed by atoms with Gasteiger partial charge in [-0.1, -0.05) is 19.9 Å². The fraction of sp³-hybridized carbons (Fsp3) is 0.714. The maximum atomic E-state index is 11.9. The van der Waals surface area contributed by atoms with E-state index in [9.17, 15) is 13.2 Å². The van der Waals surface area contributed by atoms with Crippen LogP contribution in [0, 0.1) is 0 Å². The summed E-state index contributed by atoms with van der Waals surface area (Å²) in [6, 6.07) is 0. The van der Waals surface area contributed by atoms with Gasteiger partial charge in [0.25, 0.3) is 0 Å². The van der Waals surface area contributed by atoms with E-state index in [2.05, 4.69) is 11.3 Å². The monoisotopic (exact) mass is 168 g/mol. The van der Waals surface area contributed by atoms with E-state index in [4.69, 9.17) is 0 Å². The highest BCUT2D eigenvalue weighted by atomic mass is 19.4. The number of ether oxygens (including phenoxy) is 1. The van der Waals surface area contributed by atoms with Crippen LogP contribution in [-0.2, 0) is 4.74 Å². The minimum atomic E-state index is -4.27. The molecule has 0 heterocycles. The Morgan fingerprint density at radius 3 is 2.36 bits per heavy atom. The summed E-state index contributed by atoms with van der Waals surface area (Å²) in [6.45, 7) is 4.75. The predicted molar refractivity (Wildman–Crippen MR) is 36.0 cm³/mol. The molecule has 0 aromatic heterocycles. The van der Waals surface area contributed by atoms with Crippen LogP contribution in [0.1, 0.15) is 19.8 Å². The van der Waals surface area contributed by atoms with E-state index in [1.165, 1.54) is 0 Å². The molecule has 0 bridgehead atoms. The molecular weight excluding hydrogens is 157 g/mol. The summed E-state index contributed by atoms with van der Waals surface area (Å²) in [5, 5.41) is 0. The Labute approximate surface area is 63.8 Å². The standard InChI is InChI=1S/C7H11F3O/c1-3-5-6(11-4-2)7(8,9)10/h4,6H,2-3,5H2,1H3. The maximum absolute atomic E-state index is 11.9. The quantitative estimate of drug-likeness (QED) is 0.586. The molecule has 0 spiro atoms. The summed E-state index contributed by atoms with van der Waals surface area (Å²) in [6.07, 6.45) is -4.71. The molecule has 0 aliphatic heterocycles. The fourth-order valence-corrected chi connectivity index (χ4v) is 0.687. The lowest BCUT2D eigenvalue weighted by Crippen LogP contribution is -2.29. The molecular formula is C7H11F3O. The molecule has 1 atom stereocenters. The van der Waals surface area contributed by atoms with Gasteiger partial charge in [0.05, 0.1) is 6.26 Å². The van der Waals surface area contributed by atoms with Crippen molar-refractivity contribution in [2.45, 2.75) is 32.0 Å². The molecule has 0 saturated carbocycles. The lowest BCUT2D eigenvalue weighted by Gasteiger charge is -2.18. The Balaban J connectivity index is 3.97. The second kappa shape index (κ2) is 4.26. The van der Waals surface area contributed by atoms with Gasteiger partial charge in [-0.25, -0.2) is 0 Å². The molecule has 0 aromatic rings. The van der Waals surface area contributed by atoms with Crippen molar-refractivity contribution in [1.29, 1.82) is 0 Å². The summed E-state index contributed by atoms with van der Waals surface area (Å²) >= 11 is 0. The van der Waals surface area contributed by atoms with E-state index in [0.717, 1.165) is 6.26 Å². The van der Waals surface area contributed by atoms with Crippen LogP contribution in [0.5, 0.6) is 0 Å². The van der Waals surface area contributed by atoms with Gasteiger partial charge >= 0.3 is 6.18 Å². The molecule has 0 aliphatic carbocycles. The number of hydrogen-bond donors (Lipinski definition) is 0. The molecule has 0 fully saturated rings. The van der Waals surface area contributed by atoms with Crippen molar-refractivity contribution < 1.29 is 17.9 Å². The molecule has 0 amide bonds. The van der Waals surface area contributed by atoms with Crippen LogP contribution < -0.4 is 0 Å². The van der Waals surface area contributed by atoms with Gasteiger partial charge in [-0.2, -0.15) is 13.2 Å². The first kappa shape index (κ1) is 10.3. The van der Waals surface area contributed by atoms with E-state index in [1.807, 2.05) is 0 Å². The maximum Gasteiger partial charge on any atom is 0.425 e. The third-order valence-electron chi connectivity index (χ3n) is 1.18. The van der Waals surface area contributed by atoms with E-state index in [1.54, 1.807) is 6.92 Å². The van der Waals surface area contributed by atoms with Crippen LogP contribution in [0.4, 0.5) is 13.2 Å². The van der Waals surface area contributed by atoms with Crippen LogP contribution in [0.3, 0.4) is 0 Å². The second-order valence-electron chi connectivity index (χ2n) is 2.12. The summed E-state index contributed by atoms with van der Waals surface area (Å²) in [4.78, 5) is 0.